The van der Waals surface area contributed by atoms with E-state index in [1.54, 1.807) is 36.4 Å². The Bertz CT molecular complexity index is 1470. The standard InChI is InChI=1S/C33H36O6/c1-7-10-37-31-19-25-13-23-17-29(35-5)33(39-12-9-3)21-27(23)15-24-18-30(36-6)32(38-11-8-2)20-26(24)14-22(25)16-28(31)34-4/h7-9,16-21H,1-3,10-15H2,4-6H3/i4D3,5D3,6D3. The lowest BCUT2D eigenvalue weighted by atomic mass is 9.94. The minimum Gasteiger partial charge on any atom is -0.493 e. The second-order valence-electron chi connectivity index (χ2n) is 8.84. The number of rotatable bonds is 12. The fourth-order valence-electron chi connectivity index (χ4n) is 4.56. The van der Waals surface area contributed by atoms with E-state index in [9.17, 15) is 0 Å². The number of ether oxygens (including phenoxy) is 6. The van der Waals surface area contributed by atoms with E-state index in [0.717, 1.165) is 16.7 Å². The molecule has 3 aromatic rings. The molecule has 0 aliphatic heterocycles. The molecule has 1 aliphatic carbocycles. The average molecular weight is 538 g/mol. The minimum absolute atomic E-state index is 0.0123. The van der Waals surface area contributed by atoms with Gasteiger partial charge in [0.2, 0.25) is 0 Å². The summed E-state index contributed by atoms with van der Waals surface area (Å²) in [4.78, 5) is 0. The van der Waals surface area contributed by atoms with Crippen molar-refractivity contribution in [3.63, 3.8) is 0 Å². The number of hydrogen-bond donors (Lipinski definition) is 0. The van der Waals surface area contributed by atoms with Crippen molar-refractivity contribution in [1.82, 2.24) is 0 Å². The van der Waals surface area contributed by atoms with Crippen molar-refractivity contribution in [3.8, 4) is 34.5 Å². The largest absolute Gasteiger partial charge is 0.493 e. The van der Waals surface area contributed by atoms with Gasteiger partial charge in [-0.05, 0) is 89.0 Å². The Balaban J connectivity index is 2.03. The zero-order valence-electron chi connectivity index (χ0n) is 30.5. The van der Waals surface area contributed by atoms with Crippen LogP contribution in [0.25, 0.3) is 0 Å². The first-order valence-electron chi connectivity index (χ1n) is 16.7. The second-order valence-corrected chi connectivity index (χ2v) is 8.84. The molecule has 0 saturated carbocycles. The molecule has 0 radical (unpaired) electrons. The van der Waals surface area contributed by atoms with Crippen LogP contribution in [0.3, 0.4) is 0 Å². The predicted octanol–water partition coefficient (Wildman–Crippen LogP) is 6.49. The second kappa shape index (κ2) is 13.0. The maximum atomic E-state index is 7.73. The molecule has 0 fully saturated rings. The summed E-state index contributed by atoms with van der Waals surface area (Å²) < 4.78 is 103. The summed E-state index contributed by atoms with van der Waals surface area (Å²) in [6.45, 7) is 11.2. The van der Waals surface area contributed by atoms with E-state index < -0.39 is 21.1 Å². The Morgan fingerprint density at radius 1 is 0.513 bits per heavy atom. The molecule has 204 valence electrons. The third kappa shape index (κ3) is 6.23. The minimum atomic E-state index is -2.78. The van der Waals surface area contributed by atoms with Crippen LogP contribution in [0.2, 0.25) is 0 Å². The summed E-state index contributed by atoms with van der Waals surface area (Å²) in [6.07, 6.45) is 5.27. The van der Waals surface area contributed by atoms with Crippen LogP contribution in [-0.2, 0) is 19.3 Å². The van der Waals surface area contributed by atoms with Gasteiger partial charge < -0.3 is 28.4 Å². The quantitative estimate of drug-likeness (QED) is 0.193. The van der Waals surface area contributed by atoms with Crippen LogP contribution in [0.1, 0.15) is 45.7 Å². The fourth-order valence-corrected chi connectivity index (χ4v) is 4.56. The van der Waals surface area contributed by atoms with Gasteiger partial charge in [0, 0.05) is 0 Å². The molecule has 0 aromatic heterocycles. The van der Waals surface area contributed by atoms with Crippen molar-refractivity contribution in [2.24, 2.45) is 0 Å². The number of methoxy groups -OCH3 is 3. The average Bonchev–Trinajstić information content (AvgIpc) is 3.01. The SMILES string of the molecule is [2H]C([2H])([2H])Oc1cc2c(cc1OCC=C)Cc1cc(OC([2H])([2H])[2H])c(OCC=C)cc1Cc1cc(OC([2H])([2H])[2H])c(OCC=C)cc1C2. The highest BCUT2D eigenvalue weighted by Crippen LogP contribution is 2.40. The van der Waals surface area contributed by atoms with Gasteiger partial charge in [0.25, 0.3) is 0 Å². The Morgan fingerprint density at radius 2 is 0.769 bits per heavy atom. The van der Waals surface area contributed by atoms with E-state index in [-0.39, 0.29) is 73.6 Å². The van der Waals surface area contributed by atoms with Gasteiger partial charge in [0.05, 0.1) is 33.5 Å². The Morgan fingerprint density at radius 3 is 1.00 bits per heavy atom. The highest BCUT2D eigenvalue weighted by atomic mass is 16.5. The van der Waals surface area contributed by atoms with E-state index in [4.69, 9.17) is 40.8 Å². The molecule has 1 aliphatic rings. The molecule has 0 unspecified atom stereocenters. The van der Waals surface area contributed by atoms with Crippen LogP contribution >= 0.6 is 0 Å². The first-order valence-corrected chi connectivity index (χ1v) is 12.2. The first kappa shape index (κ1) is 18.1. The molecule has 0 heterocycles. The maximum absolute atomic E-state index is 7.73. The smallest absolute Gasteiger partial charge is 0.161 e. The lowest BCUT2D eigenvalue weighted by molar-refractivity contribution is 0.325. The topological polar surface area (TPSA) is 55.4 Å². The van der Waals surface area contributed by atoms with Crippen LogP contribution in [0.15, 0.2) is 74.4 Å². The third-order valence-corrected chi connectivity index (χ3v) is 6.34. The molecule has 3 aromatic carbocycles. The first-order chi connectivity index (χ1) is 22.5. The summed E-state index contributed by atoms with van der Waals surface area (Å²) >= 11 is 0. The van der Waals surface area contributed by atoms with Crippen LogP contribution in [-0.4, -0.2) is 40.9 Å². The van der Waals surface area contributed by atoms with Crippen molar-refractivity contribution >= 4 is 0 Å². The summed E-state index contributed by atoms with van der Waals surface area (Å²) in [5.41, 5.74) is 4.15. The van der Waals surface area contributed by atoms with Gasteiger partial charge in [-0.1, -0.05) is 38.0 Å². The lowest BCUT2D eigenvalue weighted by Gasteiger charge is -2.18. The summed E-state index contributed by atoms with van der Waals surface area (Å²) in [7, 11) is -8.33. The van der Waals surface area contributed by atoms with E-state index in [0.29, 0.717) is 16.7 Å². The van der Waals surface area contributed by atoms with Crippen LogP contribution < -0.4 is 28.4 Å². The third-order valence-electron chi connectivity index (χ3n) is 6.34. The Labute approximate surface area is 243 Å². The molecule has 6 heteroatoms. The summed E-state index contributed by atoms with van der Waals surface area (Å²) in [6, 6.07) is 9.82. The van der Waals surface area contributed by atoms with Crippen molar-refractivity contribution in [3.05, 3.63) is 108 Å². The molecular weight excluding hydrogens is 492 g/mol. The van der Waals surface area contributed by atoms with E-state index in [1.807, 2.05) is 0 Å². The normalized spacial score (nSPS) is 16.2. The van der Waals surface area contributed by atoms with Crippen molar-refractivity contribution in [2.75, 3.05) is 40.9 Å². The van der Waals surface area contributed by atoms with Crippen LogP contribution in [0.5, 0.6) is 34.5 Å². The zero-order chi connectivity index (χ0) is 35.3. The van der Waals surface area contributed by atoms with Crippen LogP contribution in [0.4, 0.5) is 0 Å². The zero-order valence-corrected chi connectivity index (χ0v) is 21.5. The van der Waals surface area contributed by atoms with Gasteiger partial charge in [0.1, 0.15) is 19.8 Å². The highest BCUT2D eigenvalue weighted by Gasteiger charge is 2.22. The molecule has 39 heavy (non-hydrogen) atoms. The molecule has 4 rings (SSSR count). The molecule has 6 nitrogen and oxygen atoms in total. The Hall–Kier alpha value is -4.32. The number of hydrogen-bond acceptors (Lipinski definition) is 6. The highest BCUT2D eigenvalue weighted by molar-refractivity contribution is 5.58. The van der Waals surface area contributed by atoms with E-state index >= 15 is 0 Å². The molecule has 0 amide bonds. The van der Waals surface area contributed by atoms with Gasteiger partial charge in [-0.25, -0.2) is 0 Å². The Kier molecular flexibility index (Phi) is 6.00. The molecule has 0 atom stereocenters. The van der Waals surface area contributed by atoms with Gasteiger partial charge in [0.15, 0.2) is 34.5 Å². The van der Waals surface area contributed by atoms with Gasteiger partial charge >= 0.3 is 0 Å². The van der Waals surface area contributed by atoms with E-state index in [1.165, 1.54) is 18.2 Å². The molecule has 0 bridgehead atoms. The van der Waals surface area contributed by atoms with Gasteiger partial charge in [-0.15, -0.1) is 0 Å². The molecular formula is C33H36O6. The van der Waals surface area contributed by atoms with E-state index in [2.05, 4.69) is 19.7 Å². The van der Waals surface area contributed by atoms with Crippen molar-refractivity contribution < 1.29 is 40.8 Å². The predicted molar refractivity (Wildman–Crippen MR) is 154 cm³/mol. The van der Waals surface area contributed by atoms with Gasteiger partial charge in [-0.2, -0.15) is 0 Å². The van der Waals surface area contributed by atoms with Gasteiger partial charge in [-0.3, -0.25) is 0 Å². The van der Waals surface area contributed by atoms with Crippen LogP contribution in [0, 0.1) is 0 Å². The maximum Gasteiger partial charge on any atom is 0.161 e. The lowest BCUT2D eigenvalue weighted by Crippen LogP contribution is -2.04. The number of fused-ring (bicyclic) bond motifs is 3. The summed E-state index contributed by atoms with van der Waals surface area (Å²) in [5, 5.41) is 0. The molecule has 0 saturated heterocycles. The molecule has 0 spiro atoms. The molecule has 0 N–H and O–H groups in total. The summed E-state index contributed by atoms with van der Waals surface area (Å²) in [5.74, 6) is 0.483. The number of benzene rings is 3. The monoisotopic (exact) mass is 537 g/mol. The fraction of sp³-hybridized carbons (Fsp3) is 0.273. The van der Waals surface area contributed by atoms with Crippen molar-refractivity contribution in [1.29, 1.82) is 0 Å². The van der Waals surface area contributed by atoms with Crippen molar-refractivity contribution in [2.45, 2.75) is 19.3 Å².